The lowest BCUT2D eigenvalue weighted by atomic mass is 10.0. The molecular formula is C18H18ClF3N2O2. The van der Waals surface area contributed by atoms with Crippen LogP contribution in [0.5, 0.6) is 0 Å². The Balaban J connectivity index is 2.20. The van der Waals surface area contributed by atoms with Crippen LogP contribution in [0.1, 0.15) is 36.1 Å². The molecule has 4 nitrogen and oxygen atoms in total. The molecule has 0 radical (unpaired) electrons. The summed E-state index contributed by atoms with van der Waals surface area (Å²) in [6.07, 6.45) is -3.48. The van der Waals surface area contributed by atoms with Crippen LogP contribution in [0.25, 0.3) is 0 Å². The van der Waals surface area contributed by atoms with Gasteiger partial charge >= 0.3 is 6.18 Å². The van der Waals surface area contributed by atoms with Gasteiger partial charge in [-0.15, -0.1) is 0 Å². The van der Waals surface area contributed by atoms with Crippen LogP contribution in [0.3, 0.4) is 0 Å². The van der Waals surface area contributed by atoms with Crippen molar-refractivity contribution in [2.24, 2.45) is 0 Å². The lowest BCUT2D eigenvalue weighted by Gasteiger charge is -2.18. The van der Waals surface area contributed by atoms with Crippen molar-refractivity contribution in [3.05, 3.63) is 68.6 Å². The highest BCUT2D eigenvalue weighted by atomic mass is 35.5. The summed E-state index contributed by atoms with van der Waals surface area (Å²) in [6, 6.07) is 7.80. The van der Waals surface area contributed by atoms with Crippen LogP contribution in [0, 0.1) is 6.92 Å². The minimum atomic E-state index is -4.66. The van der Waals surface area contributed by atoms with E-state index in [1.807, 2.05) is 38.1 Å². The van der Waals surface area contributed by atoms with Crippen molar-refractivity contribution < 1.29 is 18.0 Å². The van der Waals surface area contributed by atoms with Crippen LogP contribution in [0.15, 0.2) is 41.3 Å². The lowest BCUT2D eigenvalue weighted by Crippen LogP contribution is -2.35. The molecule has 0 aliphatic rings. The smallest absolute Gasteiger partial charge is 0.348 e. The van der Waals surface area contributed by atoms with Gasteiger partial charge in [0.25, 0.3) is 5.56 Å². The monoisotopic (exact) mass is 386 g/mol. The minimum absolute atomic E-state index is 0.305. The molecule has 2 rings (SSSR count). The predicted molar refractivity (Wildman–Crippen MR) is 93.1 cm³/mol. The van der Waals surface area contributed by atoms with Gasteiger partial charge in [0.15, 0.2) is 0 Å². The van der Waals surface area contributed by atoms with Crippen molar-refractivity contribution in [1.29, 1.82) is 0 Å². The Labute approximate surface area is 153 Å². The maximum atomic E-state index is 12.9. The number of hydrogen-bond acceptors (Lipinski definition) is 2. The normalized spacial score (nSPS) is 12.7. The van der Waals surface area contributed by atoms with Crippen LogP contribution in [0.2, 0.25) is 5.02 Å². The third kappa shape index (κ3) is 4.88. The van der Waals surface area contributed by atoms with Gasteiger partial charge in [0, 0.05) is 6.20 Å². The van der Waals surface area contributed by atoms with Crippen molar-refractivity contribution in [3.8, 4) is 0 Å². The topological polar surface area (TPSA) is 51.1 Å². The second-order valence-corrected chi connectivity index (χ2v) is 6.35. The number of amides is 1. The van der Waals surface area contributed by atoms with Crippen LogP contribution < -0.4 is 10.9 Å². The average Bonchev–Trinajstić information content (AvgIpc) is 2.56. The fraction of sp³-hybridized carbons (Fsp3) is 0.333. The molecule has 0 saturated heterocycles. The Kier molecular flexibility index (Phi) is 6.13. The van der Waals surface area contributed by atoms with Crippen LogP contribution >= 0.6 is 11.6 Å². The fourth-order valence-electron chi connectivity index (χ4n) is 2.49. The van der Waals surface area contributed by atoms with Gasteiger partial charge in [-0.25, -0.2) is 0 Å². The molecule has 0 spiro atoms. The van der Waals surface area contributed by atoms with Gasteiger partial charge in [-0.1, -0.05) is 48.4 Å². The zero-order valence-electron chi connectivity index (χ0n) is 14.2. The zero-order chi connectivity index (χ0) is 19.5. The van der Waals surface area contributed by atoms with E-state index in [-0.39, 0.29) is 6.04 Å². The van der Waals surface area contributed by atoms with Crippen LogP contribution in [0.4, 0.5) is 13.2 Å². The first kappa shape index (κ1) is 20.0. The molecule has 140 valence electrons. The predicted octanol–water partition coefficient (Wildman–Crippen LogP) is 4.10. The molecule has 0 unspecified atom stereocenters. The second-order valence-electron chi connectivity index (χ2n) is 5.95. The van der Waals surface area contributed by atoms with E-state index in [0.717, 1.165) is 11.1 Å². The SMILES string of the molecule is CC[C@@H](NC(=O)Cn1cc(C(F)(F)F)cc(Cl)c1=O)c1ccc(C)cc1. The zero-order valence-corrected chi connectivity index (χ0v) is 15.0. The number of nitrogens with one attached hydrogen (secondary N) is 1. The summed E-state index contributed by atoms with van der Waals surface area (Å²) in [7, 11) is 0. The standard InChI is InChI=1S/C18H18ClF3N2O2/c1-3-15(12-6-4-11(2)5-7-12)23-16(25)10-24-9-13(18(20,21)22)8-14(19)17(24)26/h4-9,15H,3,10H2,1-2H3,(H,23,25)/t15-/m1/s1. The first-order valence-corrected chi connectivity index (χ1v) is 8.32. The van der Waals surface area contributed by atoms with Crippen molar-refractivity contribution in [1.82, 2.24) is 9.88 Å². The largest absolute Gasteiger partial charge is 0.417 e. The van der Waals surface area contributed by atoms with Crippen LogP contribution in [-0.4, -0.2) is 10.5 Å². The van der Waals surface area contributed by atoms with E-state index in [4.69, 9.17) is 11.6 Å². The molecule has 0 saturated carbocycles. The molecule has 26 heavy (non-hydrogen) atoms. The summed E-state index contributed by atoms with van der Waals surface area (Å²) < 4.78 is 39.3. The summed E-state index contributed by atoms with van der Waals surface area (Å²) >= 11 is 5.59. The lowest BCUT2D eigenvalue weighted by molar-refractivity contribution is -0.138. The van der Waals surface area contributed by atoms with E-state index in [1.165, 1.54) is 0 Å². The number of carbonyl (C=O) groups excluding carboxylic acids is 1. The molecule has 0 fully saturated rings. The summed E-state index contributed by atoms with van der Waals surface area (Å²) in [5.74, 6) is -0.574. The maximum absolute atomic E-state index is 12.9. The molecule has 1 heterocycles. The molecule has 1 aromatic heterocycles. The number of halogens is 4. The van der Waals surface area contributed by atoms with Crippen molar-refractivity contribution in [3.63, 3.8) is 0 Å². The number of rotatable bonds is 5. The Bertz CT molecular complexity index is 845. The Morgan fingerprint density at radius 1 is 1.27 bits per heavy atom. The first-order valence-electron chi connectivity index (χ1n) is 7.95. The number of aryl methyl sites for hydroxylation is 1. The number of aromatic nitrogens is 1. The Morgan fingerprint density at radius 2 is 1.88 bits per heavy atom. The fourth-order valence-corrected chi connectivity index (χ4v) is 2.71. The number of hydrogen-bond donors (Lipinski definition) is 1. The van der Waals surface area contributed by atoms with Gasteiger partial charge in [0.05, 0.1) is 11.6 Å². The van der Waals surface area contributed by atoms with Gasteiger partial charge in [0.1, 0.15) is 11.6 Å². The average molecular weight is 387 g/mol. The van der Waals surface area contributed by atoms with E-state index in [0.29, 0.717) is 23.3 Å². The van der Waals surface area contributed by atoms with Crippen molar-refractivity contribution >= 4 is 17.5 Å². The molecule has 1 aromatic carbocycles. The van der Waals surface area contributed by atoms with Gasteiger partial charge in [-0.2, -0.15) is 13.2 Å². The highest BCUT2D eigenvalue weighted by Crippen LogP contribution is 2.29. The number of benzene rings is 1. The quantitative estimate of drug-likeness (QED) is 0.841. The highest BCUT2D eigenvalue weighted by Gasteiger charge is 2.32. The molecular weight excluding hydrogens is 369 g/mol. The third-order valence-electron chi connectivity index (χ3n) is 3.91. The molecule has 2 aromatic rings. The molecule has 0 aliphatic heterocycles. The third-order valence-corrected chi connectivity index (χ3v) is 4.18. The summed E-state index contributed by atoms with van der Waals surface area (Å²) in [4.78, 5) is 24.2. The van der Waals surface area contributed by atoms with Crippen LogP contribution in [-0.2, 0) is 17.5 Å². The number of alkyl halides is 3. The van der Waals surface area contributed by atoms with E-state index >= 15 is 0 Å². The second kappa shape index (κ2) is 7.95. The Hall–Kier alpha value is -2.28. The van der Waals surface area contributed by atoms with Crippen molar-refractivity contribution in [2.45, 2.75) is 39.0 Å². The van der Waals surface area contributed by atoms with Gasteiger partial charge in [-0.05, 0) is 25.0 Å². The maximum Gasteiger partial charge on any atom is 0.417 e. The van der Waals surface area contributed by atoms with Gasteiger partial charge < -0.3 is 9.88 Å². The molecule has 0 bridgehead atoms. The molecule has 1 atom stereocenters. The van der Waals surface area contributed by atoms with E-state index in [2.05, 4.69) is 5.32 Å². The minimum Gasteiger partial charge on any atom is -0.348 e. The van der Waals surface area contributed by atoms with Gasteiger partial charge in [0.2, 0.25) is 5.91 Å². The molecule has 1 N–H and O–H groups in total. The highest BCUT2D eigenvalue weighted by molar-refractivity contribution is 6.30. The number of pyridine rings is 1. The Morgan fingerprint density at radius 3 is 2.42 bits per heavy atom. The first-order chi connectivity index (χ1) is 12.1. The summed E-state index contributed by atoms with van der Waals surface area (Å²) in [5, 5.41) is 2.15. The van der Waals surface area contributed by atoms with E-state index < -0.39 is 34.8 Å². The molecule has 1 amide bonds. The molecule has 0 aliphatic carbocycles. The summed E-state index contributed by atoms with van der Waals surface area (Å²) in [5.41, 5.74) is 0.0136. The molecule has 8 heteroatoms. The number of nitrogens with zero attached hydrogens (tertiary/aromatic N) is 1. The van der Waals surface area contributed by atoms with Gasteiger partial charge in [-0.3, -0.25) is 9.59 Å². The number of carbonyl (C=O) groups is 1. The van der Waals surface area contributed by atoms with Crippen molar-refractivity contribution in [2.75, 3.05) is 0 Å². The van der Waals surface area contributed by atoms with E-state index in [9.17, 15) is 22.8 Å². The summed E-state index contributed by atoms with van der Waals surface area (Å²) in [6.45, 7) is 3.26. The van der Waals surface area contributed by atoms with E-state index in [1.54, 1.807) is 0 Å².